The quantitative estimate of drug-likeness (QED) is 0.711. The molecule has 2 saturated carbocycles. The second-order valence-corrected chi connectivity index (χ2v) is 9.15. The zero-order valence-electron chi connectivity index (χ0n) is 14.6. The lowest BCUT2D eigenvalue weighted by Gasteiger charge is -2.57. The summed E-state index contributed by atoms with van der Waals surface area (Å²) < 4.78 is 0. The summed E-state index contributed by atoms with van der Waals surface area (Å²) in [6, 6.07) is 0. The Balaban J connectivity index is 1.59. The standard InChI is InChI=1S/C21H30O2/c1-20-9-3-4-17(20)16-6-5-15-12-14(13-19(22)23)7-11-21(15,2)18(16)8-10-20/h3,5,9,14,16-18H,4,6-8,10-13H2,1-2H3,(H,22,23)/t14?,16-,17-,18-,20-,21-/m0/s1. The smallest absolute Gasteiger partial charge is 0.303 e. The molecule has 2 heteroatoms. The van der Waals surface area contributed by atoms with Crippen LogP contribution in [0.5, 0.6) is 0 Å². The first-order chi connectivity index (χ1) is 10.9. The van der Waals surface area contributed by atoms with Gasteiger partial charge in [-0.15, -0.1) is 0 Å². The largest absolute Gasteiger partial charge is 0.481 e. The van der Waals surface area contributed by atoms with Gasteiger partial charge >= 0.3 is 5.97 Å². The van der Waals surface area contributed by atoms with Crippen molar-refractivity contribution in [2.45, 2.75) is 65.2 Å². The Morgan fingerprint density at radius 1 is 1.22 bits per heavy atom. The molecular weight excluding hydrogens is 284 g/mol. The molecule has 1 unspecified atom stereocenters. The van der Waals surface area contributed by atoms with Gasteiger partial charge in [0.15, 0.2) is 0 Å². The van der Waals surface area contributed by atoms with Gasteiger partial charge in [-0.25, -0.2) is 0 Å². The van der Waals surface area contributed by atoms with Gasteiger partial charge in [0.05, 0.1) is 0 Å². The molecule has 0 saturated heterocycles. The fourth-order valence-electron chi connectivity index (χ4n) is 6.64. The number of carbonyl (C=O) groups is 1. The van der Waals surface area contributed by atoms with Crippen molar-refractivity contribution in [2.75, 3.05) is 0 Å². The summed E-state index contributed by atoms with van der Waals surface area (Å²) in [6.45, 7) is 4.97. The van der Waals surface area contributed by atoms with Crippen molar-refractivity contribution in [3.8, 4) is 0 Å². The number of rotatable bonds is 2. The second-order valence-electron chi connectivity index (χ2n) is 9.15. The van der Waals surface area contributed by atoms with E-state index in [1.807, 2.05) is 0 Å². The number of allylic oxidation sites excluding steroid dienone is 4. The first kappa shape index (κ1) is 15.5. The van der Waals surface area contributed by atoms with Crippen LogP contribution in [0.2, 0.25) is 0 Å². The van der Waals surface area contributed by atoms with E-state index in [0.29, 0.717) is 23.2 Å². The maximum Gasteiger partial charge on any atom is 0.303 e. The average Bonchev–Trinajstić information content (AvgIpc) is 2.89. The van der Waals surface area contributed by atoms with Crippen LogP contribution >= 0.6 is 0 Å². The summed E-state index contributed by atoms with van der Waals surface area (Å²) in [5.41, 5.74) is 2.40. The topological polar surface area (TPSA) is 37.3 Å². The molecule has 2 fully saturated rings. The molecule has 4 aliphatic rings. The number of aliphatic carboxylic acids is 1. The predicted octanol–water partition coefficient (Wildman–Crippen LogP) is 5.21. The van der Waals surface area contributed by atoms with E-state index in [2.05, 4.69) is 32.1 Å². The van der Waals surface area contributed by atoms with Gasteiger partial charge in [0, 0.05) is 6.42 Å². The highest BCUT2D eigenvalue weighted by Gasteiger charge is 2.54. The highest BCUT2D eigenvalue weighted by molar-refractivity contribution is 5.67. The van der Waals surface area contributed by atoms with E-state index >= 15 is 0 Å². The molecule has 0 spiro atoms. The summed E-state index contributed by atoms with van der Waals surface area (Å²) in [5.74, 6) is 2.25. The number of hydrogen-bond acceptors (Lipinski definition) is 1. The second kappa shape index (κ2) is 5.22. The molecule has 1 N–H and O–H groups in total. The maximum atomic E-state index is 11.1. The van der Waals surface area contributed by atoms with Gasteiger partial charge in [0.25, 0.3) is 0 Å². The number of carboxylic acids is 1. The first-order valence-electron chi connectivity index (χ1n) is 9.51. The van der Waals surface area contributed by atoms with Crippen LogP contribution in [-0.4, -0.2) is 11.1 Å². The van der Waals surface area contributed by atoms with Crippen molar-refractivity contribution in [1.29, 1.82) is 0 Å². The van der Waals surface area contributed by atoms with Crippen molar-refractivity contribution in [1.82, 2.24) is 0 Å². The van der Waals surface area contributed by atoms with Crippen molar-refractivity contribution in [2.24, 2.45) is 34.5 Å². The van der Waals surface area contributed by atoms with Crippen molar-refractivity contribution >= 4 is 5.97 Å². The Morgan fingerprint density at radius 2 is 2.04 bits per heavy atom. The van der Waals surface area contributed by atoms with Gasteiger partial charge in [-0.1, -0.05) is 37.6 Å². The van der Waals surface area contributed by atoms with Crippen LogP contribution < -0.4 is 0 Å². The lowest BCUT2D eigenvalue weighted by atomic mass is 9.47. The molecule has 4 aliphatic carbocycles. The summed E-state index contributed by atoms with van der Waals surface area (Å²) in [5, 5.41) is 9.12. The first-order valence-corrected chi connectivity index (χ1v) is 9.51. The normalized spacial score (nSPS) is 48.2. The van der Waals surface area contributed by atoms with Crippen molar-refractivity contribution in [3.05, 3.63) is 23.8 Å². The van der Waals surface area contributed by atoms with Crippen LogP contribution in [-0.2, 0) is 4.79 Å². The van der Waals surface area contributed by atoms with Gasteiger partial charge in [0.1, 0.15) is 0 Å². The lowest BCUT2D eigenvalue weighted by molar-refractivity contribution is -0.138. The molecule has 0 aliphatic heterocycles. The molecule has 2 nitrogen and oxygen atoms in total. The minimum Gasteiger partial charge on any atom is -0.481 e. The van der Waals surface area contributed by atoms with Crippen LogP contribution in [0.25, 0.3) is 0 Å². The van der Waals surface area contributed by atoms with Gasteiger partial charge < -0.3 is 5.11 Å². The van der Waals surface area contributed by atoms with Crippen LogP contribution in [0.15, 0.2) is 23.8 Å². The third kappa shape index (κ3) is 2.32. The molecule has 0 amide bonds. The van der Waals surface area contributed by atoms with E-state index in [-0.39, 0.29) is 0 Å². The van der Waals surface area contributed by atoms with Gasteiger partial charge in [0.2, 0.25) is 0 Å². The Bertz CT molecular complexity index is 574. The molecule has 6 atom stereocenters. The van der Waals surface area contributed by atoms with Crippen LogP contribution in [0.3, 0.4) is 0 Å². The molecule has 0 bridgehead atoms. The highest BCUT2D eigenvalue weighted by Crippen LogP contribution is 2.63. The molecule has 0 aromatic rings. The summed E-state index contributed by atoms with van der Waals surface area (Å²) in [4.78, 5) is 11.1. The average molecular weight is 314 g/mol. The van der Waals surface area contributed by atoms with Crippen LogP contribution in [0.4, 0.5) is 0 Å². The SMILES string of the molecule is C[C@@]12C=CC[C@H]1[C@@H]1CC=C3CC(CC(=O)O)CC[C@]3(C)[C@H]1CC2. The zero-order chi connectivity index (χ0) is 16.2. The fourth-order valence-corrected chi connectivity index (χ4v) is 6.64. The highest BCUT2D eigenvalue weighted by atomic mass is 16.4. The van der Waals surface area contributed by atoms with Crippen molar-refractivity contribution < 1.29 is 9.90 Å². The molecule has 126 valence electrons. The number of fused-ring (bicyclic) bond motifs is 5. The molecule has 23 heavy (non-hydrogen) atoms. The maximum absolute atomic E-state index is 11.1. The molecule has 4 rings (SSSR count). The van der Waals surface area contributed by atoms with E-state index in [0.717, 1.165) is 30.6 Å². The van der Waals surface area contributed by atoms with E-state index in [1.54, 1.807) is 5.57 Å². The number of carboxylic acid groups (broad SMARTS) is 1. The Morgan fingerprint density at radius 3 is 2.83 bits per heavy atom. The van der Waals surface area contributed by atoms with E-state index in [4.69, 9.17) is 5.11 Å². The monoisotopic (exact) mass is 314 g/mol. The summed E-state index contributed by atoms with van der Waals surface area (Å²) >= 11 is 0. The van der Waals surface area contributed by atoms with Gasteiger partial charge in [-0.3, -0.25) is 4.79 Å². The van der Waals surface area contributed by atoms with Crippen LogP contribution in [0, 0.1) is 34.5 Å². The fraction of sp³-hybridized carbons (Fsp3) is 0.762. The van der Waals surface area contributed by atoms with E-state index in [9.17, 15) is 4.79 Å². The van der Waals surface area contributed by atoms with Gasteiger partial charge in [-0.2, -0.15) is 0 Å². The van der Waals surface area contributed by atoms with Gasteiger partial charge in [-0.05, 0) is 79.4 Å². The third-order valence-electron chi connectivity index (χ3n) is 8.00. The predicted molar refractivity (Wildman–Crippen MR) is 92.0 cm³/mol. The molecule has 0 aromatic carbocycles. The minimum atomic E-state index is -0.627. The molecule has 0 heterocycles. The Labute approximate surface area is 140 Å². The summed E-state index contributed by atoms with van der Waals surface area (Å²) in [6.07, 6.45) is 16.4. The van der Waals surface area contributed by atoms with Crippen LogP contribution in [0.1, 0.15) is 65.2 Å². The van der Waals surface area contributed by atoms with Crippen molar-refractivity contribution in [3.63, 3.8) is 0 Å². The number of hydrogen-bond donors (Lipinski definition) is 1. The Kier molecular flexibility index (Phi) is 3.52. The molecule has 0 radical (unpaired) electrons. The zero-order valence-corrected chi connectivity index (χ0v) is 14.6. The minimum absolute atomic E-state index is 0.349. The lowest BCUT2D eigenvalue weighted by Crippen LogP contribution is -2.49. The van der Waals surface area contributed by atoms with E-state index < -0.39 is 5.97 Å². The van der Waals surface area contributed by atoms with E-state index in [1.165, 1.54) is 32.1 Å². The summed E-state index contributed by atoms with van der Waals surface area (Å²) in [7, 11) is 0. The Hall–Kier alpha value is -1.05. The molecule has 0 aromatic heterocycles. The third-order valence-corrected chi connectivity index (χ3v) is 8.00. The molecular formula is C21H30O2.